The van der Waals surface area contributed by atoms with Gasteiger partial charge in [0.05, 0.1) is 6.42 Å². The Morgan fingerprint density at radius 3 is 2.60 bits per heavy atom. The van der Waals surface area contributed by atoms with Crippen molar-refractivity contribution in [2.75, 3.05) is 13.1 Å². The Balaban J connectivity index is 1.42. The Bertz CT molecular complexity index is 877. The van der Waals surface area contributed by atoms with E-state index < -0.39 is 0 Å². The summed E-state index contributed by atoms with van der Waals surface area (Å²) in [5.74, 6) is 0.786. The van der Waals surface area contributed by atoms with Gasteiger partial charge in [-0.05, 0) is 48.1 Å². The first kappa shape index (κ1) is 15.9. The Morgan fingerprint density at radius 1 is 1.12 bits per heavy atom. The van der Waals surface area contributed by atoms with Crippen LogP contribution in [0.25, 0.3) is 10.9 Å². The second-order valence-corrected chi connectivity index (χ2v) is 6.89. The molecule has 1 fully saturated rings. The van der Waals surface area contributed by atoms with Crippen molar-refractivity contribution < 1.29 is 4.79 Å². The molecule has 4 rings (SSSR count). The SMILES string of the molecule is Cn1cc(CC(=O)N2CCC(c3ccncc3)CC2)c2ccccc21. The second kappa shape index (κ2) is 6.71. The number of aromatic nitrogens is 2. The molecule has 25 heavy (non-hydrogen) atoms. The van der Waals surface area contributed by atoms with Gasteiger partial charge >= 0.3 is 0 Å². The molecule has 128 valence electrons. The van der Waals surface area contributed by atoms with E-state index in [-0.39, 0.29) is 5.91 Å². The zero-order chi connectivity index (χ0) is 17.2. The van der Waals surface area contributed by atoms with Crippen LogP contribution in [0.15, 0.2) is 55.0 Å². The first-order valence-electron chi connectivity index (χ1n) is 8.93. The Kier molecular flexibility index (Phi) is 4.26. The summed E-state index contributed by atoms with van der Waals surface area (Å²) in [4.78, 5) is 18.9. The fourth-order valence-electron chi connectivity index (χ4n) is 3.94. The van der Waals surface area contributed by atoms with Crippen molar-refractivity contribution in [3.8, 4) is 0 Å². The Morgan fingerprint density at radius 2 is 1.84 bits per heavy atom. The normalized spacial score (nSPS) is 15.6. The van der Waals surface area contributed by atoms with Crippen molar-refractivity contribution in [2.24, 2.45) is 7.05 Å². The van der Waals surface area contributed by atoms with Crippen LogP contribution in [-0.2, 0) is 18.3 Å². The number of aryl methyl sites for hydroxylation is 1. The molecule has 0 unspecified atom stereocenters. The minimum atomic E-state index is 0.240. The lowest BCUT2D eigenvalue weighted by atomic mass is 9.90. The zero-order valence-corrected chi connectivity index (χ0v) is 14.6. The number of carbonyl (C=O) groups excluding carboxylic acids is 1. The lowest BCUT2D eigenvalue weighted by Gasteiger charge is -2.32. The fourth-order valence-corrected chi connectivity index (χ4v) is 3.94. The van der Waals surface area contributed by atoms with Gasteiger partial charge in [-0.15, -0.1) is 0 Å². The summed E-state index contributed by atoms with van der Waals surface area (Å²) in [6.45, 7) is 1.69. The third kappa shape index (κ3) is 3.16. The van der Waals surface area contributed by atoms with Gasteiger partial charge in [-0.1, -0.05) is 18.2 Å². The molecular weight excluding hydrogens is 310 g/mol. The molecule has 3 aromatic rings. The van der Waals surface area contributed by atoms with E-state index in [0.717, 1.165) is 31.5 Å². The monoisotopic (exact) mass is 333 g/mol. The third-order valence-corrected chi connectivity index (χ3v) is 5.35. The summed E-state index contributed by atoms with van der Waals surface area (Å²) < 4.78 is 2.10. The molecule has 0 spiro atoms. The maximum atomic E-state index is 12.8. The maximum Gasteiger partial charge on any atom is 0.227 e. The molecule has 1 aromatic carbocycles. The van der Waals surface area contributed by atoms with Crippen LogP contribution in [0.5, 0.6) is 0 Å². The molecule has 1 aliphatic heterocycles. The minimum absolute atomic E-state index is 0.240. The number of amides is 1. The molecule has 0 radical (unpaired) electrons. The number of benzene rings is 1. The number of likely N-dealkylation sites (tertiary alicyclic amines) is 1. The summed E-state index contributed by atoms with van der Waals surface area (Å²) in [5, 5.41) is 1.19. The molecule has 1 saturated heterocycles. The molecule has 1 amide bonds. The molecule has 1 aliphatic rings. The van der Waals surface area contributed by atoms with Crippen LogP contribution in [0.2, 0.25) is 0 Å². The van der Waals surface area contributed by atoms with E-state index in [1.54, 1.807) is 0 Å². The number of carbonyl (C=O) groups is 1. The average Bonchev–Trinajstić information content (AvgIpc) is 2.98. The highest BCUT2D eigenvalue weighted by Gasteiger charge is 2.24. The Hall–Kier alpha value is -2.62. The smallest absolute Gasteiger partial charge is 0.227 e. The summed E-state index contributed by atoms with van der Waals surface area (Å²) >= 11 is 0. The van der Waals surface area contributed by atoms with E-state index in [9.17, 15) is 4.79 Å². The van der Waals surface area contributed by atoms with Crippen molar-refractivity contribution in [3.63, 3.8) is 0 Å². The van der Waals surface area contributed by atoms with Gasteiger partial charge in [0.2, 0.25) is 5.91 Å². The van der Waals surface area contributed by atoms with Gasteiger partial charge in [0, 0.05) is 49.6 Å². The van der Waals surface area contributed by atoms with E-state index in [2.05, 4.69) is 40.0 Å². The predicted molar refractivity (Wildman–Crippen MR) is 99.4 cm³/mol. The van der Waals surface area contributed by atoms with Gasteiger partial charge in [-0.3, -0.25) is 9.78 Å². The van der Waals surface area contributed by atoms with Crippen molar-refractivity contribution in [3.05, 3.63) is 66.1 Å². The van der Waals surface area contributed by atoms with Crippen LogP contribution in [0.4, 0.5) is 0 Å². The standard InChI is InChI=1S/C21H23N3O/c1-23-15-18(19-4-2-3-5-20(19)23)14-21(25)24-12-8-17(9-13-24)16-6-10-22-11-7-16/h2-7,10-11,15,17H,8-9,12-14H2,1H3. The van der Waals surface area contributed by atoms with Gasteiger partial charge < -0.3 is 9.47 Å². The highest BCUT2D eigenvalue weighted by molar-refractivity contribution is 5.89. The lowest BCUT2D eigenvalue weighted by Crippen LogP contribution is -2.38. The molecule has 0 atom stereocenters. The fraction of sp³-hybridized carbons (Fsp3) is 0.333. The van der Waals surface area contributed by atoms with Crippen molar-refractivity contribution in [2.45, 2.75) is 25.2 Å². The number of pyridine rings is 1. The number of hydrogen-bond donors (Lipinski definition) is 0. The van der Waals surface area contributed by atoms with E-state index in [1.807, 2.05) is 36.5 Å². The number of rotatable bonds is 3. The summed E-state index contributed by atoms with van der Waals surface area (Å²) in [6.07, 6.45) is 8.35. The molecule has 4 nitrogen and oxygen atoms in total. The van der Waals surface area contributed by atoms with Gasteiger partial charge in [0.1, 0.15) is 0 Å². The van der Waals surface area contributed by atoms with Crippen LogP contribution in [0.3, 0.4) is 0 Å². The van der Waals surface area contributed by atoms with Gasteiger partial charge in [0.25, 0.3) is 0 Å². The predicted octanol–water partition coefficient (Wildman–Crippen LogP) is 3.52. The molecule has 4 heteroatoms. The summed E-state index contributed by atoms with van der Waals surface area (Å²) in [7, 11) is 2.04. The van der Waals surface area contributed by atoms with Crippen molar-refractivity contribution in [1.82, 2.24) is 14.5 Å². The third-order valence-electron chi connectivity index (χ3n) is 5.35. The van der Waals surface area contributed by atoms with Crippen molar-refractivity contribution in [1.29, 1.82) is 0 Å². The topological polar surface area (TPSA) is 38.1 Å². The number of fused-ring (bicyclic) bond motifs is 1. The molecule has 2 aromatic heterocycles. The zero-order valence-electron chi connectivity index (χ0n) is 14.6. The minimum Gasteiger partial charge on any atom is -0.350 e. The van der Waals surface area contributed by atoms with Crippen LogP contribution in [0, 0.1) is 0 Å². The summed E-state index contributed by atoms with van der Waals surface area (Å²) in [6, 6.07) is 12.5. The first-order valence-corrected chi connectivity index (χ1v) is 8.93. The van der Waals surface area contributed by atoms with Gasteiger partial charge in [-0.25, -0.2) is 0 Å². The number of para-hydroxylation sites is 1. The maximum absolute atomic E-state index is 12.8. The first-order chi connectivity index (χ1) is 12.2. The van der Waals surface area contributed by atoms with Crippen molar-refractivity contribution >= 4 is 16.8 Å². The average molecular weight is 333 g/mol. The van der Waals surface area contributed by atoms with Gasteiger partial charge in [0.15, 0.2) is 0 Å². The summed E-state index contributed by atoms with van der Waals surface area (Å²) in [5.41, 5.74) is 3.65. The van der Waals surface area contributed by atoms with Crippen LogP contribution in [-0.4, -0.2) is 33.4 Å². The van der Waals surface area contributed by atoms with Crippen LogP contribution < -0.4 is 0 Å². The number of nitrogens with zero attached hydrogens (tertiary/aromatic N) is 3. The van der Waals surface area contributed by atoms with Crippen LogP contribution in [0.1, 0.15) is 29.9 Å². The molecule has 3 heterocycles. The molecule has 0 N–H and O–H groups in total. The van der Waals surface area contributed by atoms with E-state index in [4.69, 9.17) is 0 Å². The van der Waals surface area contributed by atoms with E-state index in [1.165, 1.54) is 16.5 Å². The van der Waals surface area contributed by atoms with E-state index in [0.29, 0.717) is 12.3 Å². The molecule has 0 saturated carbocycles. The van der Waals surface area contributed by atoms with Crippen LogP contribution >= 0.6 is 0 Å². The molecular formula is C21H23N3O. The van der Waals surface area contributed by atoms with E-state index >= 15 is 0 Å². The second-order valence-electron chi connectivity index (χ2n) is 6.89. The lowest BCUT2D eigenvalue weighted by molar-refractivity contribution is -0.131. The quantitative estimate of drug-likeness (QED) is 0.735. The highest BCUT2D eigenvalue weighted by atomic mass is 16.2. The molecule has 0 aliphatic carbocycles. The van der Waals surface area contributed by atoms with Gasteiger partial charge in [-0.2, -0.15) is 0 Å². The highest BCUT2D eigenvalue weighted by Crippen LogP contribution is 2.28. The largest absolute Gasteiger partial charge is 0.350 e. The Labute approximate surface area is 148 Å². The number of hydrogen-bond acceptors (Lipinski definition) is 2. The molecule has 0 bridgehead atoms. The number of piperidine rings is 1.